The van der Waals surface area contributed by atoms with Crippen LogP contribution in [0.15, 0.2) is 76.2 Å². The molecule has 26 heavy (non-hydrogen) atoms. The number of benzene rings is 2. The molecule has 0 saturated heterocycles. The monoisotopic (exact) mass is 366 g/mol. The topological polar surface area (TPSA) is 72.2 Å². The molecular weight excluding hydrogens is 348 g/mol. The number of hydrogen-bond acceptors (Lipinski definition) is 4. The first kappa shape index (κ1) is 16.8. The van der Waals surface area contributed by atoms with Crippen molar-refractivity contribution in [1.82, 2.24) is 9.71 Å². The van der Waals surface area contributed by atoms with Crippen LogP contribution in [-0.2, 0) is 16.4 Å². The molecule has 5 nitrogen and oxygen atoms in total. The number of aryl methyl sites for hydroxylation is 1. The SMILES string of the molecule is O=S(=O)(NCCCc1cc2ccccc2o1)c1cccc2cccnc12. The van der Waals surface area contributed by atoms with Crippen LogP contribution in [0.25, 0.3) is 21.9 Å². The molecule has 0 aliphatic rings. The van der Waals surface area contributed by atoms with Crippen molar-refractivity contribution in [2.24, 2.45) is 0 Å². The Morgan fingerprint density at radius 3 is 2.65 bits per heavy atom. The molecular formula is C20H18N2O3S. The quantitative estimate of drug-likeness (QED) is 0.526. The highest BCUT2D eigenvalue weighted by Gasteiger charge is 2.17. The van der Waals surface area contributed by atoms with Crippen LogP contribution < -0.4 is 4.72 Å². The summed E-state index contributed by atoms with van der Waals surface area (Å²) < 4.78 is 33.7. The first-order valence-corrected chi connectivity index (χ1v) is 9.93. The lowest BCUT2D eigenvalue weighted by atomic mass is 10.2. The number of rotatable bonds is 6. The van der Waals surface area contributed by atoms with E-state index in [1.165, 1.54) is 0 Å². The van der Waals surface area contributed by atoms with Crippen molar-refractivity contribution in [2.75, 3.05) is 6.54 Å². The van der Waals surface area contributed by atoms with E-state index >= 15 is 0 Å². The van der Waals surface area contributed by atoms with E-state index in [2.05, 4.69) is 9.71 Å². The summed E-state index contributed by atoms with van der Waals surface area (Å²) in [6.45, 7) is 0.336. The van der Waals surface area contributed by atoms with E-state index < -0.39 is 10.0 Å². The van der Waals surface area contributed by atoms with Gasteiger partial charge < -0.3 is 4.42 Å². The summed E-state index contributed by atoms with van der Waals surface area (Å²) in [6, 6.07) is 18.6. The Kier molecular flexibility index (Phi) is 4.44. The third-order valence-corrected chi connectivity index (χ3v) is 5.75. The van der Waals surface area contributed by atoms with Gasteiger partial charge in [0.25, 0.3) is 0 Å². The third-order valence-electron chi connectivity index (χ3n) is 4.25. The maximum absolute atomic E-state index is 12.6. The van der Waals surface area contributed by atoms with Gasteiger partial charge in [-0.05, 0) is 30.7 Å². The second-order valence-corrected chi connectivity index (χ2v) is 7.82. The molecule has 0 fully saturated rings. The molecule has 0 aliphatic carbocycles. The number of para-hydroxylation sites is 2. The number of furan rings is 1. The van der Waals surface area contributed by atoms with Crippen molar-refractivity contribution in [2.45, 2.75) is 17.7 Å². The largest absolute Gasteiger partial charge is 0.461 e. The van der Waals surface area contributed by atoms with Crippen molar-refractivity contribution in [3.63, 3.8) is 0 Å². The first-order valence-electron chi connectivity index (χ1n) is 8.44. The van der Waals surface area contributed by atoms with Gasteiger partial charge in [0.05, 0.1) is 5.52 Å². The average molecular weight is 366 g/mol. The highest BCUT2D eigenvalue weighted by Crippen LogP contribution is 2.21. The zero-order valence-electron chi connectivity index (χ0n) is 14.1. The van der Waals surface area contributed by atoms with Crippen LogP contribution in [0.3, 0.4) is 0 Å². The van der Waals surface area contributed by atoms with Crippen LogP contribution in [0.2, 0.25) is 0 Å². The van der Waals surface area contributed by atoms with Gasteiger partial charge in [0.1, 0.15) is 16.2 Å². The molecule has 0 saturated carbocycles. The molecule has 0 aliphatic heterocycles. The summed E-state index contributed by atoms with van der Waals surface area (Å²) in [6.07, 6.45) is 2.92. The fourth-order valence-corrected chi connectivity index (χ4v) is 4.25. The van der Waals surface area contributed by atoms with Gasteiger partial charge in [-0.15, -0.1) is 0 Å². The van der Waals surface area contributed by atoms with E-state index in [9.17, 15) is 8.42 Å². The van der Waals surface area contributed by atoms with E-state index in [1.54, 1.807) is 24.4 Å². The second kappa shape index (κ2) is 6.90. The molecule has 4 aromatic rings. The van der Waals surface area contributed by atoms with Crippen LogP contribution in [0.4, 0.5) is 0 Å². The molecule has 6 heteroatoms. The maximum Gasteiger partial charge on any atom is 0.242 e. The molecule has 0 radical (unpaired) electrons. The van der Waals surface area contributed by atoms with Crippen LogP contribution >= 0.6 is 0 Å². The Balaban J connectivity index is 1.43. The third kappa shape index (κ3) is 3.34. The molecule has 2 aromatic carbocycles. The van der Waals surface area contributed by atoms with Crippen molar-refractivity contribution in [3.8, 4) is 0 Å². The van der Waals surface area contributed by atoms with Crippen molar-refractivity contribution < 1.29 is 12.8 Å². The summed E-state index contributed by atoms with van der Waals surface area (Å²) in [5.41, 5.74) is 1.34. The predicted octanol–water partition coefficient (Wildman–Crippen LogP) is 3.89. The minimum atomic E-state index is -3.61. The summed E-state index contributed by atoms with van der Waals surface area (Å²) in [5.74, 6) is 0.859. The molecule has 1 N–H and O–H groups in total. The Labute approximate surface area is 151 Å². The lowest BCUT2D eigenvalue weighted by Crippen LogP contribution is -2.25. The number of sulfonamides is 1. The summed E-state index contributed by atoms with van der Waals surface area (Å²) >= 11 is 0. The van der Waals surface area contributed by atoms with Crippen LogP contribution in [0, 0.1) is 0 Å². The van der Waals surface area contributed by atoms with Gasteiger partial charge in [-0.25, -0.2) is 13.1 Å². The molecule has 0 unspecified atom stereocenters. The summed E-state index contributed by atoms with van der Waals surface area (Å²) in [7, 11) is -3.61. The van der Waals surface area contributed by atoms with E-state index in [1.807, 2.05) is 42.5 Å². The van der Waals surface area contributed by atoms with E-state index in [0.29, 0.717) is 24.9 Å². The van der Waals surface area contributed by atoms with Crippen molar-refractivity contribution in [3.05, 3.63) is 72.6 Å². The summed E-state index contributed by atoms with van der Waals surface area (Å²) in [4.78, 5) is 4.42. The van der Waals surface area contributed by atoms with E-state index in [-0.39, 0.29) is 4.90 Å². The molecule has 0 amide bonds. The van der Waals surface area contributed by atoms with Crippen molar-refractivity contribution >= 4 is 31.9 Å². The van der Waals surface area contributed by atoms with Gasteiger partial charge in [-0.3, -0.25) is 4.98 Å². The Bertz CT molecular complexity index is 1130. The summed E-state index contributed by atoms with van der Waals surface area (Å²) in [5, 5.41) is 1.86. The van der Waals surface area contributed by atoms with Gasteiger partial charge in [0.2, 0.25) is 10.0 Å². The number of fused-ring (bicyclic) bond motifs is 2. The molecule has 132 valence electrons. The van der Waals surface area contributed by atoms with E-state index in [0.717, 1.165) is 22.1 Å². The van der Waals surface area contributed by atoms with Gasteiger partial charge in [0.15, 0.2) is 0 Å². The molecule has 2 aromatic heterocycles. The Morgan fingerprint density at radius 1 is 0.962 bits per heavy atom. The maximum atomic E-state index is 12.6. The minimum Gasteiger partial charge on any atom is -0.461 e. The van der Waals surface area contributed by atoms with Crippen LogP contribution in [0.1, 0.15) is 12.2 Å². The first-order chi connectivity index (χ1) is 12.6. The second-order valence-electron chi connectivity index (χ2n) is 6.08. The minimum absolute atomic E-state index is 0.208. The standard InChI is InChI=1S/C20H18N2O3S/c23-26(24,19-11-3-7-15-8-4-12-21-20(15)19)22-13-5-9-17-14-16-6-1-2-10-18(16)25-17/h1-4,6-8,10-12,14,22H,5,9,13H2. The van der Waals surface area contributed by atoms with Crippen LogP contribution in [0.5, 0.6) is 0 Å². The lowest BCUT2D eigenvalue weighted by Gasteiger charge is -2.08. The molecule has 0 bridgehead atoms. The molecule has 0 spiro atoms. The number of aromatic nitrogens is 1. The van der Waals surface area contributed by atoms with E-state index in [4.69, 9.17) is 4.42 Å². The van der Waals surface area contributed by atoms with Gasteiger partial charge in [-0.2, -0.15) is 0 Å². The average Bonchev–Trinajstić information content (AvgIpc) is 3.07. The molecule has 2 heterocycles. The van der Waals surface area contributed by atoms with Gasteiger partial charge in [-0.1, -0.05) is 36.4 Å². The Hall–Kier alpha value is -2.70. The highest BCUT2D eigenvalue weighted by molar-refractivity contribution is 7.89. The predicted molar refractivity (Wildman–Crippen MR) is 101 cm³/mol. The lowest BCUT2D eigenvalue weighted by molar-refractivity contribution is 0.533. The fraction of sp³-hybridized carbons (Fsp3) is 0.150. The van der Waals surface area contributed by atoms with Crippen LogP contribution in [-0.4, -0.2) is 19.9 Å². The smallest absolute Gasteiger partial charge is 0.242 e. The molecule has 4 rings (SSSR count). The van der Waals surface area contributed by atoms with Gasteiger partial charge >= 0.3 is 0 Å². The number of nitrogens with one attached hydrogen (secondary N) is 1. The van der Waals surface area contributed by atoms with Gasteiger partial charge in [0, 0.05) is 29.9 Å². The van der Waals surface area contributed by atoms with Crippen molar-refractivity contribution in [1.29, 1.82) is 0 Å². The number of hydrogen-bond donors (Lipinski definition) is 1. The highest BCUT2D eigenvalue weighted by atomic mass is 32.2. The normalized spacial score (nSPS) is 12.0. The molecule has 0 atom stereocenters. The number of nitrogens with zero attached hydrogens (tertiary/aromatic N) is 1. The zero-order chi connectivity index (χ0) is 18.0. The number of pyridine rings is 1. The fourth-order valence-electron chi connectivity index (χ4n) is 3.00. The Morgan fingerprint density at radius 2 is 1.77 bits per heavy atom. The zero-order valence-corrected chi connectivity index (χ0v) is 14.9.